The number of fused-ring (bicyclic) bond motifs is 2. The Kier molecular flexibility index (Phi) is 5.24. The summed E-state index contributed by atoms with van der Waals surface area (Å²) in [6, 6.07) is 15.6. The van der Waals surface area contributed by atoms with Crippen LogP contribution in [0.4, 0.5) is 5.69 Å². The van der Waals surface area contributed by atoms with Gasteiger partial charge in [-0.15, -0.1) is 0 Å². The maximum atomic E-state index is 11.1. The summed E-state index contributed by atoms with van der Waals surface area (Å²) in [7, 11) is 3.20. The smallest absolute Gasteiger partial charge is 0.203 e. The summed E-state index contributed by atoms with van der Waals surface area (Å²) in [4.78, 5) is 9.54. The van der Waals surface area contributed by atoms with Crippen LogP contribution >= 0.6 is 0 Å². The van der Waals surface area contributed by atoms with Crippen molar-refractivity contribution >= 4 is 27.5 Å². The normalized spacial score (nSPS) is 11.3. The zero-order valence-electron chi connectivity index (χ0n) is 19.6. The molecular formula is C27H26N4O3. The van der Waals surface area contributed by atoms with E-state index in [1.807, 2.05) is 62.5 Å². The van der Waals surface area contributed by atoms with Gasteiger partial charge in [-0.1, -0.05) is 30.3 Å². The number of pyridine rings is 2. The first-order valence-electron chi connectivity index (χ1n) is 11.0. The van der Waals surface area contributed by atoms with Crippen LogP contribution in [0.3, 0.4) is 0 Å². The first-order chi connectivity index (χ1) is 16.4. The maximum absolute atomic E-state index is 11.1. The van der Waals surface area contributed by atoms with Gasteiger partial charge in [0.1, 0.15) is 0 Å². The van der Waals surface area contributed by atoms with Crippen LogP contribution in [-0.2, 0) is 6.54 Å². The minimum Gasteiger partial charge on any atom is -0.494 e. The number of aromatic hydroxyl groups is 1. The SMILES string of the molecule is COc1ccc(Cn2cc3nc4c(-c5ccc(C)nc5C)cccc4c(N)c3c2O)cc1OC. The number of para-hydroxylation sites is 1. The number of ether oxygens (including phenoxy) is 2. The summed E-state index contributed by atoms with van der Waals surface area (Å²) < 4.78 is 12.5. The fraction of sp³-hybridized carbons (Fsp3) is 0.185. The van der Waals surface area contributed by atoms with E-state index in [1.54, 1.807) is 18.8 Å². The van der Waals surface area contributed by atoms with Gasteiger partial charge in [-0.3, -0.25) is 4.98 Å². The lowest BCUT2D eigenvalue weighted by Crippen LogP contribution is -1.99. The summed E-state index contributed by atoms with van der Waals surface area (Å²) >= 11 is 0. The number of methoxy groups -OCH3 is 2. The maximum Gasteiger partial charge on any atom is 0.203 e. The van der Waals surface area contributed by atoms with E-state index in [4.69, 9.17) is 20.2 Å². The van der Waals surface area contributed by atoms with Crippen molar-refractivity contribution in [2.75, 3.05) is 20.0 Å². The molecule has 34 heavy (non-hydrogen) atoms. The molecule has 172 valence electrons. The lowest BCUT2D eigenvalue weighted by Gasteiger charge is -2.11. The van der Waals surface area contributed by atoms with E-state index >= 15 is 0 Å². The second-order valence-electron chi connectivity index (χ2n) is 8.34. The van der Waals surface area contributed by atoms with Crippen molar-refractivity contribution < 1.29 is 14.6 Å². The monoisotopic (exact) mass is 454 g/mol. The Bertz CT molecular complexity index is 1560. The molecule has 0 atom stereocenters. The molecule has 0 aliphatic carbocycles. The fourth-order valence-corrected chi connectivity index (χ4v) is 4.50. The summed E-state index contributed by atoms with van der Waals surface area (Å²) in [5, 5.41) is 12.4. The van der Waals surface area contributed by atoms with Crippen LogP contribution in [-0.4, -0.2) is 33.9 Å². The number of nitrogens with two attached hydrogens (primary N) is 1. The molecule has 0 saturated heterocycles. The third-order valence-corrected chi connectivity index (χ3v) is 6.17. The first kappa shape index (κ1) is 21.6. The quantitative estimate of drug-likeness (QED) is 0.378. The predicted molar refractivity (Wildman–Crippen MR) is 135 cm³/mol. The molecule has 0 aliphatic rings. The molecule has 3 N–H and O–H groups in total. The third-order valence-electron chi connectivity index (χ3n) is 6.17. The molecule has 2 aromatic carbocycles. The van der Waals surface area contributed by atoms with Crippen molar-refractivity contribution in [2.45, 2.75) is 20.4 Å². The van der Waals surface area contributed by atoms with E-state index in [1.165, 1.54) is 0 Å². The average Bonchev–Trinajstić information content (AvgIpc) is 3.14. The molecule has 3 heterocycles. The minimum atomic E-state index is 0.0790. The van der Waals surface area contributed by atoms with Crippen molar-refractivity contribution in [3.63, 3.8) is 0 Å². The molecule has 0 saturated carbocycles. The number of hydrogen-bond donors (Lipinski definition) is 2. The van der Waals surface area contributed by atoms with Gasteiger partial charge in [-0.25, -0.2) is 4.98 Å². The first-order valence-corrected chi connectivity index (χ1v) is 11.0. The Morgan fingerprint density at radius 2 is 1.74 bits per heavy atom. The van der Waals surface area contributed by atoms with Crippen LogP contribution in [0.25, 0.3) is 32.9 Å². The van der Waals surface area contributed by atoms with Crippen LogP contribution in [0.1, 0.15) is 17.0 Å². The number of nitrogen functional groups attached to an aromatic ring is 1. The lowest BCUT2D eigenvalue weighted by molar-refractivity contribution is 0.354. The van der Waals surface area contributed by atoms with E-state index in [0.717, 1.165) is 39.0 Å². The highest BCUT2D eigenvalue weighted by atomic mass is 16.5. The zero-order chi connectivity index (χ0) is 24.0. The van der Waals surface area contributed by atoms with Crippen LogP contribution in [0.5, 0.6) is 17.4 Å². The van der Waals surface area contributed by atoms with Gasteiger partial charge >= 0.3 is 0 Å². The molecule has 7 nitrogen and oxygen atoms in total. The van der Waals surface area contributed by atoms with Crippen LogP contribution < -0.4 is 15.2 Å². The van der Waals surface area contributed by atoms with E-state index in [-0.39, 0.29) is 5.88 Å². The van der Waals surface area contributed by atoms with Crippen molar-refractivity contribution in [1.82, 2.24) is 14.5 Å². The van der Waals surface area contributed by atoms with E-state index in [0.29, 0.717) is 34.6 Å². The molecule has 0 amide bonds. The molecule has 0 spiro atoms. The molecule has 0 fully saturated rings. The molecule has 5 rings (SSSR count). The summed E-state index contributed by atoms with van der Waals surface area (Å²) in [5.41, 5.74) is 13.3. The highest BCUT2D eigenvalue weighted by Crippen LogP contribution is 2.39. The number of benzene rings is 2. The average molecular weight is 455 g/mol. The summed E-state index contributed by atoms with van der Waals surface area (Å²) in [6.45, 7) is 4.39. The van der Waals surface area contributed by atoms with Gasteiger partial charge < -0.3 is 24.9 Å². The standard InChI is InChI=1S/C27H26N4O3/c1-15-8-10-18(16(2)29-15)19-6-5-7-20-25(28)24-21(30-26(19)20)14-31(27(24)32)13-17-9-11-22(33-3)23(12-17)34-4/h5-12,14,32H,13,28H2,1-4H3. The van der Waals surface area contributed by atoms with Gasteiger partial charge in [0.15, 0.2) is 11.5 Å². The number of aromatic nitrogens is 3. The molecule has 0 aliphatic heterocycles. The molecule has 5 aromatic rings. The second-order valence-corrected chi connectivity index (χ2v) is 8.34. The van der Waals surface area contributed by atoms with Gasteiger partial charge in [0.2, 0.25) is 5.88 Å². The topological polar surface area (TPSA) is 95.4 Å². The lowest BCUT2D eigenvalue weighted by atomic mass is 9.99. The van der Waals surface area contributed by atoms with E-state index in [2.05, 4.69) is 11.1 Å². The minimum absolute atomic E-state index is 0.0790. The Labute approximate surface area is 197 Å². The number of aryl methyl sites for hydroxylation is 2. The van der Waals surface area contributed by atoms with E-state index in [9.17, 15) is 5.11 Å². The van der Waals surface area contributed by atoms with E-state index < -0.39 is 0 Å². The Morgan fingerprint density at radius 1 is 0.941 bits per heavy atom. The van der Waals surface area contributed by atoms with Gasteiger partial charge in [0, 0.05) is 34.1 Å². The summed E-state index contributed by atoms with van der Waals surface area (Å²) in [5.74, 6) is 1.36. The van der Waals surface area contributed by atoms with Gasteiger partial charge in [0.25, 0.3) is 0 Å². The highest BCUT2D eigenvalue weighted by Gasteiger charge is 2.19. The predicted octanol–water partition coefficient (Wildman–Crippen LogP) is 5.22. The number of nitrogens with zero attached hydrogens (tertiary/aromatic N) is 3. The Hall–Kier alpha value is -4.26. The van der Waals surface area contributed by atoms with Crippen LogP contribution in [0, 0.1) is 13.8 Å². The summed E-state index contributed by atoms with van der Waals surface area (Å²) in [6.07, 6.45) is 1.83. The van der Waals surface area contributed by atoms with Crippen LogP contribution in [0.2, 0.25) is 0 Å². The molecule has 0 radical (unpaired) electrons. The van der Waals surface area contributed by atoms with Crippen LogP contribution in [0.15, 0.2) is 54.7 Å². The molecular weight excluding hydrogens is 428 g/mol. The van der Waals surface area contributed by atoms with Crippen molar-refractivity contribution in [3.05, 3.63) is 71.7 Å². The fourth-order valence-electron chi connectivity index (χ4n) is 4.50. The Balaban J connectivity index is 1.66. The molecule has 7 heteroatoms. The number of hydrogen-bond acceptors (Lipinski definition) is 6. The van der Waals surface area contributed by atoms with Gasteiger partial charge in [0.05, 0.1) is 42.9 Å². The van der Waals surface area contributed by atoms with Crippen molar-refractivity contribution in [2.24, 2.45) is 0 Å². The molecule has 0 bridgehead atoms. The zero-order valence-corrected chi connectivity index (χ0v) is 19.6. The number of rotatable bonds is 5. The highest BCUT2D eigenvalue weighted by molar-refractivity contribution is 6.12. The number of anilines is 1. The van der Waals surface area contributed by atoms with Crippen molar-refractivity contribution in [3.8, 4) is 28.5 Å². The Morgan fingerprint density at radius 3 is 2.47 bits per heavy atom. The molecule has 3 aromatic heterocycles. The molecule has 0 unspecified atom stereocenters. The largest absolute Gasteiger partial charge is 0.494 e. The third kappa shape index (κ3) is 3.46. The van der Waals surface area contributed by atoms with Crippen molar-refractivity contribution in [1.29, 1.82) is 0 Å². The second kappa shape index (κ2) is 8.26. The van der Waals surface area contributed by atoms with Gasteiger partial charge in [-0.05, 0) is 37.6 Å². The van der Waals surface area contributed by atoms with Gasteiger partial charge in [-0.2, -0.15) is 0 Å².